The number of carbonyl (C=O) groups is 2. The van der Waals surface area contributed by atoms with Crippen molar-refractivity contribution in [2.45, 2.75) is 26.2 Å². The summed E-state index contributed by atoms with van der Waals surface area (Å²) in [4.78, 5) is 23.8. The first-order valence-electron chi connectivity index (χ1n) is 7.86. The Kier molecular flexibility index (Phi) is 6.30. The van der Waals surface area contributed by atoms with E-state index in [1.54, 1.807) is 24.3 Å². The number of allylic oxidation sites excluding steroid dienone is 1. The van der Waals surface area contributed by atoms with Crippen LogP contribution in [-0.4, -0.2) is 11.7 Å². The molecule has 0 unspecified atom stereocenters. The van der Waals surface area contributed by atoms with E-state index >= 15 is 0 Å². The van der Waals surface area contributed by atoms with Crippen molar-refractivity contribution in [1.82, 2.24) is 0 Å². The first kappa shape index (κ1) is 16.7. The van der Waals surface area contributed by atoms with Crippen LogP contribution in [0.15, 0.2) is 60.7 Å². The first-order valence-corrected chi connectivity index (χ1v) is 7.86. The molecule has 0 saturated carbocycles. The van der Waals surface area contributed by atoms with Crippen molar-refractivity contribution in [2.24, 2.45) is 0 Å². The van der Waals surface area contributed by atoms with Crippen molar-refractivity contribution in [2.75, 3.05) is 5.32 Å². The highest BCUT2D eigenvalue weighted by Gasteiger charge is 2.02. The monoisotopic (exact) mass is 307 g/mol. The topological polar surface area (TPSA) is 46.2 Å². The van der Waals surface area contributed by atoms with Gasteiger partial charge in [-0.1, -0.05) is 61.9 Å². The minimum atomic E-state index is -0.0389. The molecule has 0 spiro atoms. The van der Waals surface area contributed by atoms with E-state index in [2.05, 4.69) is 12.2 Å². The van der Waals surface area contributed by atoms with Crippen LogP contribution in [0.5, 0.6) is 0 Å². The minimum Gasteiger partial charge on any atom is -0.326 e. The second-order valence-corrected chi connectivity index (χ2v) is 5.34. The lowest BCUT2D eigenvalue weighted by Gasteiger charge is -2.05. The molecule has 118 valence electrons. The number of rotatable bonds is 7. The number of benzene rings is 2. The van der Waals surface area contributed by atoms with Gasteiger partial charge >= 0.3 is 0 Å². The highest BCUT2D eigenvalue weighted by Crippen LogP contribution is 2.13. The van der Waals surface area contributed by atoms with Crippen molar-refractivity contribution in [3.05, 3.63) is 71.8 Å². The Hall–Kier alpha value is -2.68. The Balaban J connectivity index is 2.01. The van der Waals surface area contributed by atoms with Crippen LogP contribution < -0.4 is 5.32 Å². The predicted octanol–water partition coefficient (Wildman–Crippen LogP) is 4.71. The summed E-state index contributed by atoms with van der Waals surface area (Å²) in [6.07, 6.45) is 5.72. The molecule has 0 aromatic heterocycles. The lowest BCUT2D eigenvalue weighted by molar-refractivity contribution is -0.116. The van der Waals surface area contributed by atoms with Gasteiger partial charge < -0.3 is 5.32 Å². The fourth-order valence-electron chi connectivity index (χ4n) is 2.15. The number of hydrogen-bond donors (Lipinski definition) is 1. The number of hydrogen-bond acceptors (Lipinski definition) is 2. The fraction of sp³-hybridized carbons (Fsp3) is 0.200. The van der Waals surface area contributed by atoms with Gasteiger partial charge in [-0.15, -0.1) is 0 Å². The Morgan fingerprint density at radius 3 is 2.57 bits per heavy atom. The molecule has 0 bridgehead atoms. The van der Waals surface area contributed by atoms with E-state index in [1.165, 1.54) is 0 Å². The minimum absolute atomic E-state index is 0.0216. The number of carbonyl (C=O) groups excluding carboxylic acids is 2. The van der Waals surface area contributed by atoms with Crippen LogP contribution in [0.25, 0.3) is 6.08 Å². The van der Waals surface area contributed by atoms with E-state index in [9.17, 15) is 9.59 Å². The number of unbranched alkanes of at least 4 members (excludes halogenated alkanes) is 1. The molecule has 1 amide bonds. The highest BCUT2D eigenvalue weighted by molar-refractivity contribution is 6.06. The molecule has 23 heavy (non-hydrogen) atoms. The lowest BCUT2D eigenvalue weighted by Crippen LogP contribution is -2.10. The Labute approximate surface area is 137 Å². The van der Waals surface area contributed by atoms with E-state index in [0.717, 1.165) is 24.1 Å². The maximum absolute atomic E-state index is 12.0. The van der Waals surface area contributed by atoms with Crippen LogP contribution >= 0.6 is 0 Å². The second-order valence-electron chi connectivity index (χ2n) is 5.34. The Morgan fingerprint density at radius 1 is 1.04 bits per heavy atom. The molecule has 0 atom stereocenters. The van der Waals surface area contributed by atoms with Gasteiger partial charge in [0, 0.05) is 17.7 Å². The summed E-state index contributed by atoms with van der Waals surface area (Å²) in [5.41, 5.74) is 2.29. The average Bonchev–Trinajstić information content (AvgIpc) is 2.59. The molecule has 0 fully saturated rings. The van der Waals surface area contributed by atoms with Gasteiger partial charge in [-0.05, 0) is 30.2 Å². The number of nitrogens with one attached hydrogen (secondary N) is 1. The third-order valence-electron chi connectivity index (χ3n) is 3.41. The van der Waals surface area contributed by atoms with E-state index in [4.69, 9.17) is 0 Å². The predicted molar refractivity (Wildman–Crippen MR) is 94.4 cm³/mol. The number of amides is 1. The van der Waals surface area contributed by atoms with Crippen molar-refractivity contribution < 1.29 is 9.59 Å². The van der Waals surface area contributed by atoms with Crippen LogP contribution in [0.1, 0.15) is 42.1 Å². The maximum atomic E-state index is 12.0. The molecule has 0 aliphatic heterocycles. The van der Waals surface area contributed by atoms with Crippen LogP contribution in [0.2, 0.25) is 0 Å². The molecule has 0 heterocycles. The summed E-state index contributed by atoms with van der Waals surface area (Å²) in [5, 5.41) is 2.88. The molecule has 2 rings (SSSR count). The summed E-state index contributed by atoms with van der Waals surface area (Å²) in [6, 6.07) is 16.6. The van der Waals surface area contributed by atoms with Gasteiger partial charge in [-0.3, -0.25) is 9.59 Å². The van der Waals surface area contributed by atoms with Crippen molar-refractivity contribution >= 4 is 23.5 Å². The zero-order valence-corrected chi connectivity index (χ0v) is 13.3. The molecular weight excluding hydrogens is 286 g/mol. The summed E-state index contributed by atoms with van der Waals surface area (Å²) in [5.74, 6) is -0.0173. The summed E-state index contributed by atoms with van der Waals surface area (Å²) < 4.78 is 0. The molecule has 0 radical (unpaired) electrons. The quantitative estimate of drug-likeness (QED) is 0.594. The van der Waals surface area contributed by atoms with E-state index < -0.39 is 0 Å². The van der Waals surface area contributed by atoms with Crippen LogP contribution in [-0.2, 0) is 4.79 Å². The zero-order valence-electron chi connectivity index (χ0n) is 13.3. The van der Waals surface area contributed by atoms with Crippen molar-refractivity contribution in [3.63, 3.8) is 0 Å². The summed E-state index contributed by atoms with van der Waals surface area (Å²) in [7, 11) is 0. The van der Waals surface area contributed by atoms with Gasteiger partial charge in [0.05, 0.1) is 0 Å². The summed E-state index contributed by atoms with van der Waals surface area (Å²) >= 11 is 0. The summed E-state index contributed by atoms with van der Waals surface area (Å²) in [6.45, 7) is 2.06. The van der Waals surface area contributed by atoms with Gasteiger partial charge in [0.2, 0.25) is 5.91 Å². The molecule has 2 aromatic carbocycles. The van der Waals surface area contributed by atoms with Crippen molar-refractivity contribution in [3.8, 4) is 0 Å². The number of anilines is 1. The van der Waals surface area contributed by atoms with Gasteiger partial charge in [0.15, 0.2) is 5.78 Å². The van der Waals surface area contributed by atoms with E-state index in [-0.39, 0.29) is 11.7 Å². The molecule has 3 heteroatoms. The molecule has 0 aliphatic carbocycles. The standard InChI is InChI=1S/C20H21NO2/c1-2-3-12-20(23)21-18-11-7-8-16(15-18)13-14-19(22)17-9-5-4-6-10-17/h4-11,13-15H,2-3,12H2,1H3,(H,21,23). The molecule has 3 nitrogen and oxygen atoms in total. The fourth-order valence-corrected chi connectivity index (χ4v) is 2.15. The average molecular weight is 307 g/mol. The maximum Gasteiger partial charge on any atom is 0.224 e. The Bertz CT molecular complexity index is 690. The molecule has 1 N–H and O–H groups in total. The smallest absolute Gasteiger partial charge is 0.224 e. The molecule has 0 aliphatic rings. The van der Waals surface area contributed by atoms with Gasteiger partial charge in [0.1, 0.15) is 0 Å². The normalized spacial score (nSPS) is 10.7. The van der Waals surface area contributed by atoms with Gasteiger partial charge in [0.25, 0.3) is 0 Å². The van der Waals surface area contributed by atoms with E-state index in [0.29, 0.717) is 12.0 Å². The molecule has 2 aromatic rings. The largest absolute Gasteiger partial charge is 0.326 e. The first-order chi connectivity index (χ1) is 11.2. The van der Waals surface area contributed by atoms with Crippen molar-refractivity contribution in [1.29, 1.82) is 0 Å². The highest BCUT2D eigenvalue weighted by atomic mass is 16.1. The lowest BCUT2D eigenvalue weighted by atomic mass is 10.1. The third-order valence-corrected chi connectivity index (χ3v) is 3.41. The van der Waals surface area contributed by atoms with E-state index in [1.807, 2.05) is 42.5 Å². The SMILES string of the molecule is CCCCC(=O)Nc1cccc(C=CC(=O)c2ccccc2)c1. The van der Waals surface area contributed by atoms with Gasteiger partial charge in [-0.2, -0.15) is 0 Å². The zero-order chi connectivity index (χ0) is 16.5. The third kappa shape index (κ3) is 5.55. The van der Waals surface area contributed by atoms with Gasteiger partial charge in [-0.25, -0.2) is 0 Å². The van der Waals surface area contributed by atoms with Crippen LogP contribution in [0.4, 0.5) is 5.69 Å². The molecule has 0 saturated heterocycles. The Morgan fingerprint density at radius 2 is 1.83 bits per heavy atom. The number of ketones is 1. The van der Waals surface area contributed by atoms with Crippen LogP contribution in [0.3, 0.4) is 0 Å². The van der Waals surface area contributed by atoms with Crippen LogP contribution in [0, 0.1) is 0 Å². The second kappa shape index (κ2) is 8.69. The molecular formula is C20H21NO2.